The van der Waals surface area contributed by atoms with Gasteiger partial charge in [-0.2, -0.15) is 0 Å². The fourth-order valence-electron chi connectivity index (χ4n) is 3.02. The molecule has 1 aromatic carbocycles. The quantitative estimate of drug-likeness (QED) is 0.515. The van der Waals surface area contributed by atoms with Crippen molar-refractivity contribution in [3.8, 4) is 0 Å². The summed E-state index contributed by atoms with van der Waals surface area (Å²) in [5.41, 5.74) is 3.52. The Morgan fingerprint density at radius 2 is 2.07 bits per heavy atom. The molecular formula is C20H18BrClFN5. The second kappa shape index (κ2) is 7.93. The van der Waals surface area contributed by atoms with Gasteiger partial charge in [0.1, 0.15) is 11.9 Å². The number of imidazole rings is 1. The van der Waals surface area contributed by atoms with Crippen LogP contribution < -0.4 is 10.6 Å². The summed E-state index contributed by atoms with van der Waals surface area (Å²) >= 11 is 9.65. The zero-order valence-corrected chi connectivity index (χ0v) is 17.4. The molecule has 28 heavy (non-hydrogen) atoms. The van der Waals surface area contributed by atoms with Crippen LogP contribution in [-0.4, -0.2) is 26.0 Å². The number of fused-ring (bicyclic) bond motifs is 1. The molecule has 0 saturated carbocycles. The fraction of sp³-hybridized carbons (Fsp3) is 0.200. The van der Waals surface area contributed by atoms with E-state index in [-0.39, 0.29) is 5.83 Å². The van der Waals surface area contributed by atoms with Gasteiger partial charge in [0.2, 0.25) is 5.95 Å². The van der Waals surface area contributed by atoms with Crippen LogP contribution in [-0.2, 0) is 13.6 Å². The third-order valence-electron chi connectivity index (χ3n) is 4.59. The van der Waals surface area contributed by atoms with Gasteiger partial charge in [-0.25, -0.2) is 9.37 Å². The standard InChI is InChI=1S/C20H18BrClFN5/c1-28-18-11-25-14(10-24-13-7-5-12(21)6-8-13)9-17(18)26-20(28)27-19-15(22)3-2-4-16(19)23/h2-9,11,15,19,24H,10H2,1H3,(H,26,27). The first-order valence-electron chi connectivity index (χ1n) is 8.76. The van der Waals surface area contributed by atoms with E-state index >= 15 is 0 Å². The van der Waals surface area contributed by atoms with Crippen LogP contribution in [0.15, 0.2) is 65.1 Å². The normalized spacial score (nSPS) is 18.9. The number of anilines is 2. The monoisotopic (exact) mass is 461 g/mol. The first-order valence-corrected chi connectivity index (χ1v) is 9.99. The van der Waals surface area contributed by atoms with E-state index in [1.165, 1.54) is 6.08 Å². The Bertz CT molecular complexity index is 1060. The molecule has 0 aliphatic heterocycles. The highest BCUT2D eigenvalue weighted by Gasteiger charge is 2.25. The van der Waals surface area contributed by atoms with Crippen LogP contribution in [0.3, 0.4) is 0 Å². The Morgan fingerprint density at radius 1 is 1.29 bits per heavy atom. The number of benzene rings is 1. The summed E-state index contributed by atoms with van der Waals surface area (Å²) in [4.78, 5) is 9.11. The van der Waals surface area contributed by atoms with Gasteiger partial charge in [-0.15, -0.1) is 11.6 Å². The van der Waals surface area contributed by atoms with Crippen LogP contribution in [0.5, 0.6) is 0 Å². The number of aromatic nitrogens is 3. The van der Waals surface area contributed by atoms with Gasteiger partial charge in [0.15, 0.2) is 0 Å². The molecule has 0 saturated heterocycles. The molecule has 0 amide bonds. The number of nitrogens with zero attached hydrogens (tertiary/aromatic N) is 3. The van der Waals surface area contributed by atoms with Crippen molar-refractivity contribution >= 4 is 50.2 Å². The SMILES string of the molecule is Cn1c(NC2C(F)=CC=CC2Cl)nc2cc(CNc3ccc(Br)cc3)ncc21. The molecule has 0 radical (unpaired) electrons. The van der Waals surface area contributed by atoms with Gasteiger partial charge in [0, 0.05) is 17.2 Å². The minimum atomic E-state index is -0.645. The summed E-state index contributed by atoms with van der Waals surface area (Å²) in [5, 5.41) is 5.96. The van der Waals surface area contributed by atoms with Crippen LogP contribution >= 0.6 is 27.5 Å². The van der Waals surface area contributed by atoms with Gasteiger partial charge in [-0.3, -0.25) is 4.98 Å². The van der Waals surface area contributed by atoms with Crippen LogP contribution in [0.2, 0.25) is 0 Å². The molecule has 2 atom stereocenters. The summed E-state index contributed by atoms with van der Waals surface area (Å²) in [6, 6.07) is 9.23. The maximum absolute atomic E-state index is 14.1. The number of rotatable bonds is 5. The van der Waals surface area contributed by atoms with E-state index in [1.807, 2.05) is 41.9 Å². The second-order valence-corrected chi connectivity index (χ2v) is 7.94. The van der Waals surface area contributed by atoms with Crippen molar-refractivity contribution in [2.45, 2.75) is 18.0 Å². The fourth-order valence-corrected chi connectivity index (χ4v) is 3.56. The van der Waals surface area contributed by atoms with Crippen molar-refractivity contribution in [2.75, 3.05) is 10.6 Å². The van der Waals surface area contributed by atoms with Crippen molar-refractivity contribution in [2.24, 2.45) is 7.05 Å². The maximum atomic E-state index is 14.1. The van der Waals surface area contributed by atoms with E-state index in [0.717, 1.165) is 26.9 Å². The molecule has 0 spiro atoms. The molecule has 0 fully saturated rings. The van der Waals surface area contributed by atoms with Crippen LogP contribution in [0.4, 0.5) is 16.0 Å². The molecule has 4 rings (SSSR count). The number of halogens is 3. The minimum Gasteiger partial charge on any atom is -0.379 e. The van der Waals surface area contributed by atoms with Gasteiger partial charge in [-0.1, -0.05) is 28.1 Å². The highest BCUT2D eigenvalue weighted by Crippen LogP contribution is 2.25. The summed E-state index contributed by atoms with van der Waals surface area (Å²) in [6.07, 6.45) is 6.55. The molecule has 5 nitrogen and oxygen atoms in total. The Hall–Kier alpha value is -2.38. The Labute approximate surface area is 175 Å². The minimum absolute atomic E-state index is 0.313. The first-order chi connectivity index (χ1) is 13.5. The largest absolute Gasteiger partial charge is 0.379 e. The van der Waals surface area contributed by atoms with E-state index in [1.54, 1.807) is 18.3 Å². The summed E-state index contributed by atoms with van der Waals surface area (Å²) in [5.74, 6) is 0.233. The van der Waals surface area contributed by atoms with Crippen molar-refractivity contribution < 1.29 is 4.39 Å². The number of aryl methyl sites for hydroxylation is 1. The molecule has 3 aromatic rings. The van der Waals surface area contributed by atoms with E-state index in [0.29, 0.717) is 12.5 Å². The van der Waals surface area contributed by atoms with Gasteiger partial charge in [0.25, 0.3) is 0 Å². The predicted molar refractivity (Wildman–Crippen MR) is 115 cm³/mol. The summed E-state index contributed by atoms with van der Waals surface area (Å²) < 4.78 is 17.0. The van der Waals surface area contributed by atoms with E-state index in [2.05, 4.69) is 36.5 Å². The average Bonchev–Trinajstić information content (AvgIpc) is 2.99. The number of allylic oxidation sites excluding steroid dienone is 2. The summed E-state index contributed by atoms with van der Waals surface area (Å²) in [6.45, 7) is 0.575. The smallest absolute Gasteiger partial charge is 0.204 e. The van der Waals surface area contributed by atoms with Crippen molar-refractivity contribution in [1.29, 1.82) is 0 Å². The van der Waals surface area contributed by atoms with Crippen LogP contribution in [0.1, 0.15) is 5.69 Å². The van der Waals surface area contributed by atoms with E-state index in [9.17, 15) is 4.39 Å². The lowest BCUT2D eigenvalue weighted by molar-refractivity contribution is 0.554. The molecular weight excluding hydrogens is 445 g/mol. The molecule has 2 aromatic heterocycles. The Balaban J connectivity index is 1.53. The van der Waals surface area contributed by atoms with Gasteiger partial charge >= 0.3 is 0 Å². The van der Waals surface area contributed by atoms with Gasteiger partial charge in [0.05, 0.1) is 34.8 Å². The molecule has 144 valence electrons. The van der Waals surface area contributed by atoms with Crippen molar-refractivity contribution in [3.05, 3.63) is 70.8 Å². The molecule has 0 bridgehead atoms. The van der Waals surface area contributed by atoms with Crippen LogP contribution in [0, 0.1) is 0 Å². The number of pyridine rings is 1. The van der Waals surface area contributed by atoms with Crippen LogP contribution in [0.25, 0.3) is 11.0 Å². The van der Waals surface area contributed by atoms with E-state index < -0.39 is 11.4 Å². The number of hydrogen-bond donors (Lipinski definition) is 2. The van der Waals surface area contributed by atoms with Crippen molar-refractivity contribution in [1.82, 2.24) is 14.5 Å². The third-order valence-corrected chi connectivity index (χ3v) is 5.52. The average molecular weight is 463 g/mol. The molecule has 2 unspecified atom stereocenters. The predicted octanol–water partition coefficient (Wildman–Crippen LogP) is 5.15. The first kappa shape index (κ1) is 19.0. The zero-order valence-electron chi connectivity index (χ0n) is 15.0. The van der Waals surface area contributed by atoms with Gasteiger partial charge in [-0.05, 0) is 36.4 Å². The molecule has 2 heterocycles. The number of hydrogen-bond acceptors (Lipinski definition) is 4. The lowest BCUT2D eigenvalue weighted by Crippen LogP contribution is -2.32. The third kappa shape index (κ3) is 3.91. The number of alkyl halides is 1. The molecule has 2 N–H and O–H groups in total. The Morgan fingerprint density at radius 3 is 2.82 bits per heavy atom. The highest BCUT2D eigenvalue weighted by atomic mass is 79.9. The lowest BCUT2D eigenvalue weighted by Gasteiger charge is -2.22. The molecule has 1 aliphatic carbocycles. The number of nitrogens with one attached hydrogen (secondary N) is 2. The van der Waals surface area contributed by atoms with E-state index in [4.69, 9.17) is 11.6 Å². The highest BCUT2D eigenvalue weighted by molar-refractivity contribution is 9.10. The summed E-state index contributed by atoms with van der Waals surface area (Å²) in [7, 11) is 1.86. The van der Waals surface area contributed by atoms with Crippen molar-refractivity contribution in [3.63, 3.8) is 0 Å². The molecule has 1 aliphatic rings. The molecule has 8 heteroatoms. The van der Waals surface area contributed by atoms with Gasteiger partial charge < -0.3 is 15.2 Å². The topological polar surface area (TPSA) is 54.8 Å². The lowest BCUT2D eigenvalue weighted by atomic mass is 10.1. The maximum Gasteiger partial charge on any atom is 0.204 e. The zero-order chi connectivity index (χ0) is 19.7. The second-order valence-electron chi connectivity index (χ2n) is 6.52. The Kier molecular flexibility index (Phi) is 5.37.